The van der Waals surface area contributed by atoms with Crippen molar-refractivity contribution in [3.8, 4) is 0 Å². The summed E-state index contributed by atoms with van der Waals surface area (Å²) in [4.78, 5) is 26.4. The van der Waals surface area contributed by atoms with E-state index in [-0.39, 0.29) is 11.5 Å². The number of aromatic nitrogens is 1. The summed E-state index contributed by atoms with van der Waals surface area (Å²) in [6.45, 7) is 3.28. The lowest BCUT2D eigenvalue weighted by molar-refractivity contribution is 0.0712. The fraction of sp³-hybridized carbons (Fsp3) is 0.368. The first-order valence-corrected chi connectivity index (χ1v) is 8.56. The number of hydrogen-bond donors (Lipinski definition) is 0. The van der Waals surface area contributed by atoms with Gasteiger partial charge in [-0.2, -0.15) is 0 Å². The summed E-state index contributed by atoms with van der Waals surface area (Å²) < 4.78 is 1.57. The molecule has 0 bridgehead atoms. The highest BCUT2D eigenvalue weighted by molar-refractivity contribution is 6.34. The van der Waals surface area contributed by atoms with Crippen molar-refractivity contribution in [1.82, 2.24) is 9.47 Å². The van der Waals surface area contributed by atoms with Crippen LogP contribution in [0.5, 0.6) is 0 Å². The summed E-state index contributed by atoms with van der Waals surface area (Å²) in [5, 5.41) is 0.508. The molecule has 1 aromatic carbocycles. The van der Waals surface area contributed by atoms with Gasteiger partial charge in [0.25, 0.3) is 11.5 Å². The van der Waals surface area contributed by atoms with Crippen LogP contribution in [0.4, 0.5) is 0 Å². The Morgan fingerprint density at radius 3 is 2.54 bits per heavy atom. The van der Waals surface area contributed by atoms with Crippen LogP contribution >= 0.6 is 11.6 Å². The molecule has 3 rings (SSSR count). The third-order valence-electron chi connectivity index (χ3n) is 4.82. The molecule has 4 nitrogen and oxygen atoms in total. The number of pyridine rings is 1. The van der Waals surface area contributed by atoms with Gasteiger partial charge in [-0.15, -0.1) is 0 Å². The first-order valence-electron chi connectivity index (χ1n) is 8.18. The summed E-state index contributed by atoms with van der Waals surface area (Å²) in [7, 11) is 1.75. The second-order valence-electron chi connectivity index (χ2n) is 6.41. The summed E-state index contributed by atoms with van der Waals surface area (Å²) in [6, 6.07) is 9.23. The van der Waals surface area contributed by atoms with Gasteiger partial charge in [-0.05, 0) is 48.9 Å². The highest BCUT2D eigenvalue weighted by Crippen LogP contribution is 2.29. The average Bonchev–Trinajstić information content (AvgIpc) is 2.57. The van der Waals surface area contributed by atoms with E-state index < -0.39 is 0 Å². The Labute approximate surface area is 146 Å². The second-order valence-corrected chi connectivity index (χ2v) is 6.81. The van der Waals surface area contributed by atoms with Gasteiger partial charge in [0.15, 0.2) is 0 Å². The van der Waals surface area contributed by atoms with E-state index >= 15 is 0 Å². The van der Waals surface area contributed by atoms with Crippen molar-refractivity contribution in [2.45, 2.75) is 25.7 Å². The Kier molecular flexibility index (Phi) is 4.76. The number of likely N-dealkylation sites (tertiary alicyclic amines) is 1. The number of piperidine rings is 1. The van der Waals surface area contributed by atoms with Crippen LogP contribution in [0.15, 0.2) is 41.3 Å². The maximum Gasteiger partial charge on any atom is 0.255 e. The number of halogens is 1. The Hall–Kier alpha value is -2.07. The molecule has 0 aliphatic carbocycles. The highest BCUT2D eigenvalue weighted by Gasteiger charge is 2.26. The summed E-state index contributed by atoms with van der Waals surface area (Å²) in [5.74, 6) is 0.329. The predicted molar refractivity (Wildman–Crippen MR) is 95.8 cm³/mol. The third kappa shape index (κ3) is 3.24. The number of carbonyl (C=O) groups is 1. The Morgan fingerprint density at radius 1 is 1.21 bits per heavy atom. The van der Waals surface area contributed by atoms with Crippen LogP contribution in [-0.2, 0) is 7.05 Å². The van der Waals surface area contributed by atoms with E-state index in [1.807, 2.05) is 36.2 Å². The first kappa shape index (κ1) is 16.8. The molecule has 0 atom stereocenters. The van der Waals surface area contributed by atoms with Gasteiger partial charge in [0.1, 0.15) is 0 Å². The largest absolute Gasteiger partial charge is 0.339 e. The van der Waals surface area contributed by atoms with E-state index in [4.69, 9.17) is 11.6 Å². The monoisotopic (exact) mass is 344 g/mol. The molecule has 1 saturated heterocycles. The number of carbonyl (C=O) groups excluding carboxylic acids is 1. The summed E-state index contributed by atoms with van der Waals surface area (Å²) in [5.41, 5.74) is 2.59. The smallest absolute Gasteiger partial charge is 0.255 e. The number of nitrogens with zero attached hydrogens (tertiary/aromatic N) is 2. The standard InChI is InChI=1S/C19H21ClN2O2/c1-13-4-3-5-16(20)18(13)19(24)22-10-7-14(8-11-22)15-6-9-21(2)17(23)12-15/h3-6,9,12,14H,7-8,10-11H2,1-2H3. The highest BCUT2D eigenvalue weighted by atomic mass is 35.5. The molecule has 1 aliphatic heterocycles. The van der Waals surface area contributed by atoms with E-state index in [0.29, 0.717) is 29.6 Å². The zero-order valence-corrected chi connectivity index (χ0v) is 14.7. The van der Waals surface area contributed by atoms with Crippen molar-refractivity contribution < 1.29 is 4.79 Å². The molecule has 24 heavy (non-hydrogen) atoms. The fourth-order valence-corrected chi connectivity index (χ4v) is 3.60. The van der Waals surface area contributed by atoms with Crippen LogP contribution in [0.2, 0.25) is 5.02 Å². The number of benzene rings is 1. The van der Waals surface area contributed by atoms with Crippen molar-refractivity contribution in [3.05, 3.63) is 68.6 Å². The molecule has 0 spiro atoms. The Balaban J connectivity index is 1.72. The normalized spacial score (nSPS) is 15.5. The molecule has 2 aromatic rings. The van der Waals surface area contributed by atoms with E-state index in [0.717, 1.165) is 24.0 Å². The van der Waals surface area contributed by atoms with E-state index in [2.05, 4.69) is 0 Å². The lowest BCUT2D eigenvalue weighted by Crippen LogP contribution is -2.38. The van der Waals surface area contributed by atoms with Gasteiger partial charge in [-0.1, -0.05) is 23.7 Å². The zero-order valence-electron chi connectivity index (χ0n) is 14.0. The zero-order chi connectivity index (χ0) is 17.3. The van der Waals surface area contributed by atoms with Crippen LogP contribution in [0.1, 0.15) is 40.2 Å². The van der Waals surface area contributed by atoms with Crippen LogP contribution in [0.25, 0.3) is 0 Å². The Bertz CT molecular complexity index is 800. The number of hydrogen-bond acceptors (Lipinski definition) is 2. The predicted octanol–water partition coefficient (Wildman–Crippen LogP) is 3.37. The maximum absolute atomic E-state index is 12.8. The minimum absolute atomic E-state index is 0.000487. The number of rotatable bonds is 2. The molecule has 0 N–H and O–H groups in total. The van der Waals surface area contributed by atoms with Gasteiger partial charge in [-0.25, -0.2) is 0 Å². The van der Waals surface area contributed by atoms with Crippen molar-refractivity contribution >= 4 is 17.5 Å². The van der Waals surface area contributed by atoms with Gasteiger partial charge in [0.05, 0.1) is 10.6 Å². The van der Waals surface area contributed by atoms with Crippen molar-refractivity contribution in [2.75, 3.05) is 13.1 Å². The van der Waals surface area contributed by atoms with Gasteiger partial charge in [-0.3, -0.25) is 9.59 Å². The molecule has 1 aliphatic rings. The molecule has 126 valence electrons. The molecule has 0 radical (unpaired) electrons. The van der Waals surface area contributed by atoms with Crippen LogP contribution in [0.3, 0.4) is 0 Å². The number of amides is 1. The summed E-state index contributed by atoms with van der Waals surface area (Å²) >= 11 is 6.22. The molecule has 1 aromatic heterocycles. The van der Waals surface area contributed by atoms with Crippen LogP contribution < -0.4 is 5.56 Å². The van der Waals surface area contributed by atoms with E-state index in [1.54, 1.807) is 23.7 Å². The first-order chi connectivity index (χ1) is 11.5. The lowest BCUT2D eigenvalue weighted by Gasteiger charge is -2.32. The van der Waals surface area contributed by atoms with Crippen LogP contribution in [-0.4, -0.2) is 28.5 Å². The minimum atomic E-state index is 0.000487. The van der Waals surface area contributed by atoms with Gasteiger partial charge in [0, 0.05) is 32.4 Å². The van der Waals surface area contributed by atoms with Gasteiger partial charge in [0.2, 0.25) is 0 Å². The van der Waals surface area contributed by atoms with Crippen molar-refractivity contribution in [3.63, 3.8) is 0 Å². The average molecular weight is 345 g/mol. The van der Waals surface area contributed by atoms with Crippen LogP contribution in [0, 0.1) is 6.92 Å². The third-order valence-corrected chi connectivity index (χ3v) is 5.13. The molecule has 2 heterocycles. The van der Waals surface area contributed by atoms with Gasteiger partial charge >= 0.3 is 0 Å². The summed E-state index contributed by atoms with van der Waals surface area (Å²) in [6.07, 6.45) is 3.53. The molecule has 1 amide bonds. The van der Waals surface area contributed by atoms with Gasteiger partial charge < -0.3 is 9.47 Å². The molecular weight excluding hydrogens is 324 g/mol. The second kappa shape index (κ2) is 6.81. The quantitative estimate of drug-likeness (QED) is 0.838. The minimum Gasteiger partial charge on any atom is -0.339 e. The molecule has 0 saturated carbocycles. The SMILES string of the molecule is Cc1cccc(Cl)c1C(=O)N1CCC(c2ccn(C)c(=O)c2)CC1. The van der Waals surface area contributed by atoms with E-state index in [9.17, 15) is 9.59 Å². The molecule has 1 fully saturated rings. The molecule has 5 heteroatoms. The maximum atomic E-state index is 12.8. The van der Waals surface area contributed by atoms with Crippen molar-refractivity contribution in [2.24, 2.45) is 7.05 Å². The Morgan fingerprint density at radius 2 is 1.92 bits per heavy atom. The fourth-order valence-electron chi connectivity index (χ4n) is 3.29. The van der Waals surface area contributed by atoms with Crippen molar-refractivity contribution in [1.29, 1.82) is 0 Å². The number of aryl methyl sites for hydroxylation is 2. The molecule has 0 unspecified atom stereocenters. The topological polar surface area (TPSA) is 42.3 Å². The molecular formula is C19H21ClN2O2. The lowest BCUT2D eigenvalue weighted by atomic mass is 9.89. The van der Waals surface area contributed by atoms with E-state index in [1.165, 1.54) is 0 Å².